The van der Waals surface area contributed by atoms with Crippen LogP contribution in [0.4, 0.5) is 10.1 Å². The van der Waals surface area contributed by atoms with E-state index < -0.39 is 6.10 Å². The maximum absolute atomic E-state index is 12.9. The number of rotatable bonds is 7. The largest absolute Gasteiger partial charge is 0.481 e. The highest BCUT2D eigenvalue weighted by Crippen LogP contribution is 2.24. The molecular weight excluding hydrogens is 369 g/mol. The standard InChI is InChI=1S/C19H18FN3O3S/c1-12-5-3-4-6-16(12)21-17(24)11-27-19-23-22-18(26-19)13(2)25-15-9-7-14(20)8-10-15/h3-10,13H,11H2,1-2H3,(H,21,24)/t13-/m1/s1. The van der Waals surface area contributed by atoms with Gasteiger partial charge < -0.3 is 14.5 Å². The number of para-hydroxylation sites is 1. The number of thioether (sulfide) groups is 1. The maximum atomic E-state index is 12.9. The number of aromatic nitrogens is 2. The SMILES string of the molecule is Cc1ccccc1NC(=O)CSc1nnc([C@@H](C)Oc2ccc(F)cc2)o1. The highest BCUT2D eigenvalue weighted by Gasteiger charge is 2.17. The second-order valence-electron chi connectivity index (χ2n) is 5.77. The first-order valence-corrected chi connectivity index (χ1v) is 9.24. The van der Waals surface area contributed by atoms with Crippen LogP contribution >= 0.6 is 11.8 Å². The fourth-order valence-electron chi connectivity index (χ4n) is 2.24. The minimum atomic E-state index is -0.502. The molecule has 0 fully saturated rings. The zero-order valence-corrected chi connectivity index (χ0v) is 15.6. The third-order valence-corrected chi connectivity index (χ3v) is 4.46. The highest BCUT2D eigenvalue weighted by molar-refractivity contribution is 7.99. The predicted octanol–water partition coefficient (Wildman–Crippen LogP) is 4.39. The Bertz CT molecular complexity index is 915. The number of aryl methyl sites for hydroxylation is 1. The Morgan fingerprint density at radius 1 is 1.22 bits per heavy atom. The number of hydrogen-bond acceptors (Lipinski definition) is 6. The molecule has 1 atom stereocenters. The lowest BCUT2D eigenvalue weighted by molar-refractivity contribution is -0.113. The lowest BCUT2D eigenvalue weighted by Crippen LogP contribution is -2.14. The number of carbonyl (C=O) groups is 1. The van der Waals surface area contributed by atoms with Gasteiger partial charge in [-0.05, 0) is 49.7 Å². The van der Waals surface area contributed by atoms with E-state index in [2.05, 4.69) is 15.5 Å². The molecule has 140 valence electrons. The van der Waals surface area contributed by atoms with Crippen LogP contribution in [0.25, 0.3) is 0 Å². The van der Waals surface area contributed by atoms with Crippen molar-refractivity contribution >= 4 is 23.4 Å². The van der Waals surface area contributed by atoms with E-state index in [-0.39, 0.29) is 28.6 Å². The number of anilines is 1. The summed E-state index contributed by atoms with van der Waals surface area (Å²) in [5.74, 6) is 0.415. The van der Waals surface area contributed by atoms with Gasteiger partial charge in [0.1, 0.15) is 11.6 Å². The molecule has 8 heteroatoms. The Morgan fingerprint density at radius 3 is 2.70 bits per heavy atom. The summed E-state index contributed by atoms with van der Waals surface area (Å²) >= 11 is 1.14. The van der Waals surface area contributed by atoms with E-state index in [9.17, 15) is 9.18 Å². The highest BCUT2D eigenvalue weighted by atomic mass is 32.2. The molecule has 0 saturated heterocycles. The normalized spacial score (nSPS) is 11.8. The van der Waals surface area contributed by atoms with Crippen molar-refractivity contribution in [3.8, 4) is 5.75 Å². The van der Waals surface area contributed by atoms with Gasteiger partial charge in [-0.3, -0.25) is 4.79 Å². The molecule has 0 aliphatic heterocycles. The second kappa shape index (κ2) is 8.68. The summed E-state index contributed by atoms with van der Waals surface area (Å²) in [5, 5.41) is 11.0. The molecule has 1 aromatic heterocycles. The molecule has 0 bridgehead atoms. The quantitative estimate of drug-likeness (QED) is 0.606. The van der Waals surface area contributed by atoms with E-state index in [1.807, 2.05) is 31.2 Å². The number of halogens is 1. The first-order valence-electron chi connectivity index (χ1n) is 8.25. The fourth-order valence-corrected chi connectivity index (χ4v) is 2.81. The fraction of sp³-hybridized carbons (Fsp3) is 0.211. The van der Waals surface area contributed by atoms with Gasteiger partial charge in [0.05, 0.1) is 5.75 Å². The van der Waals surface area contributed by atoms with Crippen LogP contribution in [0.15, 0.2) is 58.2 Å². The smallest absolute Gasteiger partial charge is 0.277 e. The van der Waals surface area contributed by atoms with E-state index in [1.165, 1.54) is 24.3 Å². The summed E-state index contributed by atoms with van der Waals surface area (Å²) < 4.78 is 24.1. The van der Waals surface area contributed by atoms with Crippen molar-refractivity contribution < 1.29 is 18.3 Å². The van der Waals surface area contributed by atoms with Gasteiger partial charge in [-0.2, -0.15) is 0 Å². The Labute approximate surface area is 160 Å². The third kappa shape index (κ3) is 5.30. The summed E-state index contributed by atoms with van der Waals surface area (Å²) in [5.41, 5.74) is 1.76. The first kappa shape index (κ1) is 18.9. The van der Waals surface area contributed by atoms with Crippen LogP contribution in [-0.2, 0) is 4.79 Å². The van der Waals surface area contributed by atoms with Crippen LogP contribution < -0.4 is 10.1 Å². The molecule has 0 radical (unpaired) electrons. The maximum Gasteiger partial charge on any atom is 0.277 e. The lowest BCUT2D eigenvalue weighted by Gasteiger charge is -2.10. The number of nitrogens with zero attached hydrogens (tertiary/aromatic N) is 2. The molecule has 1 N–H and O–H groups in total. The molecular formula is C19H18FN3O3S. The van der Waals surface area contributed by atoms with Crippen molar-refractivity contribution in [2.24, 2.45) is 0 Å². The van der Waals surface area contributed by atoms with Crippen LogP contribution in [0.1, 0.15) is 24.5 Å². The molecule has 1 amide bonds. The topological polar surface area (TPSA) is 77.2 Å². The van der Waals surface area contributed by atoms with E-state index >= 15 is 0 Å². The Hall–Kier alpha value is -2.87. The average molecular weight is 387 g/mol. The summed E-state index contributed by atoms with van der Waals surface area (Å²) in [4.78, 5) is 12.1. The zero-order valence-electron chi connectivity index (χ0n) is 14.8. The summed E-state index contributed by atoms with van der Waals surface area (Å²) in [6, 6.07) is 13.2. The first-order chi connectivity index (χ1) is 13.0. The van der Waals surface area contributed by atoms with Gasteiger partial charge in [0, 0.05) is 5.69 Å². The van der Waals surface area contributed by atoms with Gasteiger partial charge in [0.25, 0.3) is 11.1 Å². The molecule has 27 heavy (non-hydrogen) atoms. The molecule has 6 nitrogen and oxygen atoms in total. The van der Waals surface area contributed by atoms with Crippen molar-refractivity contribution in [2.75, 3.05) is 11.1 Å². The van der Waals surface area contributed by atoms with E-state index in [0.29, 0.717) is 5.75 Å². The molecule has 0 aliphatic carbocycles. The van der Waals surface area contributed by atoms with Crippen molar-refractivity contribution in [3.05, 3.63) is 65.8 Å². The molecule has 0 aliphatic rings. The Morgan fingerprint density at radius 2 is 1.96 bits per heavy atom. The van der Waals surface area contributed by atoms with Crippen LogP contribution in [0.3, 0.4) is 0 Å². The summed E-state index contributed by atoms with van der Waals surface area (Å²) in [6.07, 6.45) is -0.502. The number of nitrogens with one attached hydrogen (secondary N) is 1. The molecule has 3 aromatic rings. The monoisotopic (exact) mass is 387 g/mol. The van der Waals surface area contributed by atoms with E-state index in [4.69, 9.17) is 9.15 Å². The number of hydrogen-bond donors (Lipinski definition) is 1. The van der Waals surface area contributed by atoms with Gasteiger partial charge >= 0.3 is 0 Å². The van der Waals surface area contributed by atoms with Gasteiger partial charge in [-0.1, -0.05) is 30.0 Å². The van der Waals surface area contributed by atoms with Crippen molar-refractivity contribution in [1.82, 2.24) is 10.2 Å². The summed E-state index contributed by atoms with van der Waals surface area (Å²) in [6.45, 7) is 3.67. The molecule has 2 aromatic carbocycles. The molecule has 1 heterocycles. The zero-order chi connectivity index (χ0) is 19.2. The van der Waals surface area contributed by atoms with Gasteiger partial charge in [0.2, 0.25) is 5.91 Å². The Kier molecular flexibility index (Phi) is 6.08. The number of ether oxygens (including phenoxy) is 1. The third-order valence-electron chi connectivity index (χ3n) is 3.64. The van der Waals surface area contributed by atoms with Gasteiger partial charge in [0.15, 0.2) is 6.10 Å². The predicted molar refractivity (Wildman–Crippen MR) is 100 cm³/mol. The van der Waals surface area contributed by atoms with Gasteiger partial charge in [-0.25, -0.2) is 4.39 Å². The number of carbonyl (C=O) groups excluding carboxylic acids is 1. The average Bonchev–Trinajstić information content (AvgIpc) is 3.13. The lowest BCUT2D eigenvalue weighted by atomic mass is 10.2. The molecule has 0 spiro atoms. The van der Waals surface area contributed by atoms with E-state index in [1.54, 1.807) is 6.92 Å². The molecule has 3 rings (SSSR count). The minimum Gasteiger partial charge on any atom is -0.481 e. The van der Waals surface area contributed by atoms with Crippen LogP contribution in [0, 0.1) is 12.7 Å². The minimum absolute atomic E-state index is 0.142. The van der Waals surface area contributed by atoms with E-state index in [0.717, 1.165) is 23.0 Å². The molecule has 0 saturated carbocycles. The second-order valence-corrected chi connectivity index (χ2v) is 6.70. The number of amides is 1. The summed E-state index contributed by atoms with van der Waals surface area (Å²) in [7, 11) is 0. The van der Waals surface area contributed by atoms with Crippen molar-refractivity contribution in [3.63, 3.8) is 0 Å². The van der Waals surface area contributed by atoms with Gasteiger partial charge in [-0.15, -0.1) is 10.2 Å². The van der Waals surface area contributed by atoms with Crippen molar-refractivity contribution in [2.45, 2.75) is 25.2 Å². The van der Waals surface area contributed by atoms with Crippen molar-refractivity contribution in [1.29, 1.82) is 0 Å². The van der Waals surface area contributed by atoms with Crippen LogP contribution in [0.5, 0.6) is 5.75 Å². The van der Waals surface area contributed by atoms with Crippen LogP contribution in [0.2, 0.25) is 0 Å². The Balaban J connectivity index is 1.52. The number of benzene rings is 2. The van der Waals surface area contributed by atoms with Crippen LogP contribution in [-0.4, -0.2) is 21.9 Å². The molecule has 0 unspecified atom stereocenters.